The lowest BCUT2D eigenvalue weighted by molar-refractivity contribution is -0.138. The van der Waals surface area contributed by atoms with E-state index in [-0.39, 0.29) is 5.57 Å². The zero-order valence-corrected chi connectivity index (χ0v) is 8.04. The number of cyclic esters (lactones) is 1. The van der Waals surface area contributed by atoms with Crippen LogP contribution in [0, 0.1) is 0 Å². The number of hydrogen-bond donors (Lipinski definition) is 3. The summed E-state index contributed by atoms with van der Waals surface area (Å²) in [6.07, 6.45) is -2.66. The minimum Gasteiger partial charge on any atom is -0.456 e. The summed E-state index contributed by atoms with van der Waals surface area (Å²) >= 11 is 0. The van der Waals surface area contributed by atoms with E-state index in [1.54, 1.807) is 6.92 Å². The molecule has 0 aliphatic carbocycles. The first-order valence-electron chi connectivity index (χ1n) is 4.40. The van der Waals surface area contributed by atoms with Gasteiger partial charge < -0.3 is 20.1 Å². The highest BCUT2D eigenvalue weighted by atomic mass is 16.6. The third-order valence-electron chi connectivity index (χ3n) is 2.14. The van der Waals surface area contributed by atoms with Crippen molar-refractivity contribution in [1.82, 2.24) is 0 Å². The molecule has 3 N–H and O–H groups in total. The van der Waals surface area contributed by atoms with Gasteiger partial charge in [-0.1, -0.05) is 0 Å². The van der Waals surface area contributed by atoms with Crippen LogP contribution >= 0.6 is 0 Å². The molecule has 0 amide bonds. The van der Waals surface area contributed by atoms with Gasteiger partial charge in [0.25, 0.3) is 0 Å². The van der Waals surface area contributed by atoms with Crippen LogP contribution in [0.4, 0.5) is 0 Å². The summed E-state index contributed by atoms with van der Waals surface area (Å²) < 4.78 is 4.72. The summed E-state index contributed by atoms with van der Waals surface area (Å²) in [6, 6.07) is 0. The van der Waals surface area contributed by atoms with Crippen molar-refractivity contribution in [2.24, 2.45) is 0 Å². The standard InChI is InChI=1S/C9H14O5/c1-4(10)7(11)3-6-8(12)5(2)14-9(6)13/h3-5,7-8,10-12H,1-2H3/t4-,5+,7+,8+/m0/s1. The first-order chi connectivity index (χ1) is 6.43. The van der Waals surface area contributed by atoms with Gasteiger partial charge in [-0.2, -0.15) is 0 Å². The van der Waals surface area contributed by atoms with Crippen molar-refractivity contribution in [1.29, 1.82) is 0 Å². The maximum absolute atomic E-state index is 11.1. The fourth-order valence-corrected chi connectivity index (χ4v) is 1.16. The predicted octanol–water partition coefficient (Wildman–Crippen LogP) is -1.04. The quantitative estimate of drug-likeness (QED) is 0.393. The monoisotopic (exact) mass is 202 g/mol. The lowest BCUT2D eigenvalue weighted by Crippen LogP contribution is -2.24. The number of aliphatic hydroxyl groups excluding tert-OH is 3. The topological polar surface area (TPSA) is 87.0 Å². The van der Waals surface area contributed by atoms with Crippen molar-refractivity contribution < 1.29 is 24.9 Å². The van der Waals surface area contributed by atoms with Gasteiger partial charge in [0.1, 0.15) is 12.2 Å². The van der Waals surface area contributed by atoms with Gasteiger partial charge >= 0.3 is 5.97 Å². The molecule has 0 aromatic heterocycles. The fraction of sp³-hybridized carbons (Fsp3) is 0.667. The van der Waals surface area contributed by atoms with Crippen LogP contribution in [-0.2, 0) is 9.53 Å². The van der Waals surface area contributed by atoms with E-state index in [9.17, 15) is 15.0 Å². The van der Waals surface area contributed by atoms with E-state index in [4.69, 9.17) is 9.84 Å². The van der Waals surface area contributed by atoms with E-state index in [2.05, 4.69) is 0 Å². The molecule has 0 saturated carbocycles. The second-order valence-corrected chi connectivity index (χ2v) is 3.41. The van der Waals surface area contributed by atoms with Crippen LogP contribution in [0.2, 0.25) is 0 Å². The Hall–Kier alpha value is -0.910. The summed E-state index contributed by atoms with van der Waals surface area (Å²) in [5.74, 6) is -0.648. The Kier molecular flexibility index (Phi) is 3.25. The Morgan fingerprint density at radius 3 is 2.43 bits per heavy atom. The minimum absolute atomic E-state index is 0.00546. The molecule has 1 saturated heterocycles. The smallest absolute Gasteiger partial charge is 0.336 e. The van der Waals surface area contributed by atoms with Gasteiger partial charge in [0.2, 0.25) is 0 Å². The van der Waals surface area contributed by atoms with Crippen LogP contribution in [-0.4, -0.2) is 45.7 Å². The average molecular weight is 202 g/mol. The van der Waals surface area contributed by atoms with Crippen LogP contribution in [0.3, 0.4) is 0 Å². The van der Waals surface area contributed by atoms with Crippen LogP contribution in [0.25, 0.3) is 0 Å². The van der Waals surface area contributed by atoms with Gasteiger partial charge in [-0.05, 0) is 19.9 Å². The summed E-state index contributed by atoms with van der Waals surface area (Å²) in [4.78, 5) is 11.1. The number of ether oxygens (including phenoxy) is 1. The van der Waals surface area contributed by atoms with Crippen LogP contribution in [0.15, 0.2) is 11.6 Å². The summed E-state index contributed by atoms with van der Waals surface area (Å²) in [5.41, 5.74) is 0.00546. The Balaban J connectivity index is 2.81. The molecule has 0 unspecified atom stereocenters. The van der Waals surface area contributed by atoms with E-state index in [0.717, 1.165) is 6.08 Å². The highest BCUT2D eigenvalue weighted by molar-refractivity contribution is 5.92. The van der Waals surface area contributed by atoms with Gasteiger partial charge in [-0.25, -0.2) is 4.79 Å². The molecule has 1 aliphatic rings. The number of aliphatic hydroxyl groups is 3. The number of hydrogen-bond acceptors (Lipinski definition) is 5. The minimum atomic E-state index is -1.17. The van der Waals surface area contributed by atoms with Crippen molar-refractivity contribution in [3.63, 3.8) is 0 Å². The molecule has 0 aromatic carbocycles. The van der Waals surface area contributed by atoms with E-state index in [1.807, 2.05) is 0 Å². The molecule has 1 fully saturated rings. The largest absolute Gasteiger partial charge is 0.456 e. The molecule has 1 rings (SSSR count). The number of carbonyl (C=O) groups excluding carboxylic acids is 1. The number of carbonyl (C=O) groups is 1. The second kappa shape index (κ2) is 4.08. The van der Waals surface area contributed by atoms with Gasteiger partial charge in [-0.3, -0.25) is 0 Å². The SMILES string of the molecule is C[C@H](O)[C@H](O)C=C1C(=O)O[C@H](C)[C@H]1O. The molecule has 0 bridgehead atoms. The molecular weight excluding hydrogens is 188 g/mol. The first-order valence-corrected chi connectivity index (χ1v) is 4.40. The van der Waals surface area contributed by atoms with Crippen molar-refractivity contribution in [2.45, 2.75) is 38.3 Å². The molecule has 14 heavy (non-hydrogen) atoms. The van der Waals surface area contributed by atoms with Crippen LogP contribution in [0.5, 0.6) is 0 Å². The van der Waals surface area contributed by atoms with Crippen LogP contribution in [0.1, 0.15) is 13.8 Å². The van der Waals surface area contributed by atoms with E-state index in [1.165, 1.54) is 6.92 Å². The van der Waals surface area contributed by atoms with E-state index >= 15 is 0 Å². The third kappa shape index (κ3) is 2.12. The molecule has 80 valence electrons. The lowest BCUT2D eigenvalue weighted by Gasteiger charge is -2.10. The van der Waals surface area contributed by atoms with Crippen molar-refractivity contribution in [3.8, 4) is 0 Å². The Bertz CT molecular complexity index is 258. The highest BCUT2D eigenvalue weighted by Crippen LogP contribution is 2.21. The molecule has 0 spiro atoms. The summed E-state index contributed by atoms with van der Waals surface area (Å²) in [5, 5.41) is 27.7. The molecular formula is C9H14O5. The highest BCUT2D eigenvalue weighted by Gasteiger charge is 2.36. The Morgan fingerprint density at radius 1 is 1.50 bits per heavy atom. The van der Waals surface area contributed by atoms with Crippen LogP contribution < -0.4 is 0 Å². The number of esters is 1. The normalized spacial score (nSPS) is 34.4. The molecule has 5 heteroatoms. The van der Waals surface area contributed by atoms with Crippen molar-refractivity contribution in [3.05, 3.63) is 11.6 Å². The molecule has 4 atom stereocenters. The Labute approximate surface area is 81.6 Å². The molecule has 1 heterocycles. The van der Waals surface area contributed by atoms with Gasteiger partial charge in [0.15, 0.2) is 0 Å². The zero-order chi connectivity index (χ0) is 10.9. The zero-order valence-electron chi connectivity index (χ0n) is 8.04. The summed E-state index contributed by atoms with van der Waals surface area (Å²) in [6.45, 7) is 2.94. The lowest BCUT2D eigenvalue weighted by atomic mass is 10.1. The predicted molar refractivity (Wildman–Crippen MR) is 47.3 cm³/mol. The van der Waals surface area contributed by atoms with Gasteiger partial charge in [0.05, 0.1) is 17.8 Å². The second-order valence-electron chi connectivity index (χ2n) is 3.41. The Morgan fingerprint density at radius 2 is 2.07 bits per heavy atom. The fourth-order valence-electron chi connectivity index (χ4n) is 1.16. The van der Waals surface area contributed by atoms with E-state index in [0.29, 0.717) is 0 Å². The van der Waals surface area contributed by atoms with Crippen molar-refractivity contribution in [2.75, 3.05) is 0 Å². The summed E-state index contributed by atoms with van der Waals surface area (Å²) in [7, 11) is 0. The maximum atomic E-state index is 11.1. The van der Waals surface area contributed by atoms with E-state index < -0.39 is 30.4 Å². The van der Waals surface area contributed by atoms with Gasteiger partial charge in [0, 0.05) is 0 Å². The van der Waals surface area contributed by atoms with Crippen molar-refractivity contribution >= 4 is 5.97 Å². The third-order valence-corrected chi connectivity index (χ3v) is 2.14. The number of rotatable bonds is 2. The van der Waals surface area contributed by atoms with Gasteiger partial charge in [-0.15, -0.1) is 0 Å². The molecule has 0 aromatic rings. The maximum Gasteiger partial charge on any atom is 0.336 e. The molecule has 5 nitrogen and oxygen atoms in total. The molecule has 1 aliphatic heterocycles. The first kappa shape index (κ1) is 11.2. The molecule has 0 radical (unpaired) electrons. The average Bonchev–Trinajstić information content (AvgIpc) is 2.32.